The fourth-order valence-electron chi connectivity index (χ4n) is 1.27. The Labute approximate surface area is 101 Å². The first-order valence-corrected chi connectivity index (χ1v) is 6.89. The van der Waals surface area contributed by atoms with E-state index in [0.717, 1.165) is 5.52 Å². The van der Waals surface area contributed by atoms with Gasteiger partial charge in [0.1, 0.15) is 0 Å². The Morgan fingerprint density at radius 2 is 1.82 bits per heavy atom. The van der Waals surface area contributed by atoms with Crippen LogP contribution in [0, 0.1) is 0 Å². The number of hydrogen-bond acceptors (Lipinski definition) is 3. The lowest BCUT2D eigenvalue weighted by Gasteiger charge is -1.91. The topological polar surface area (TPSA) is 67.3 Å². The minimum Gasteiger partial charge on any atom is -0.286 e. The highest BCUT2D eigenvalue weighted by atomic mass is 32.2. The standard InChI is InChI=1S/C9H7N.C3H8O3S/c1-2-6-9-8(4-1)5-3-7-10-9;1-2-3-7(4,5)6/h1-7H;2-3H2,1H3,(H,4,5,6). The number of para-hydroxylation sites is 1. The van der Waals surface area contributed by atoms with Crippen LogP contribution in [0.15, 0.2) is 42.6 Å². The van der Waals surface area contributed by atoms with Crippen molar-refractivity contribution in [3.8, 4) is 0 Å². The molecule has 0 amide bonds. The van der Waals surface area contributed by atoms with Gasteiger partial charge < -0.3 is 0 Å². The smallest absolute Gasteiger partial charge is 0.264 e. The van der Waals surface area contributed by atoms with Crippen LogP contribution in [-0.4, -0.2) is 23.7 Å². The Kier molecular flexibility index (Phi) is 5.06. The number of hydrogen-bond donors (Lipinski definition) is 1. The van der Waals surface area contributed by atoms with E-state index >= 15 is 0 Å². The third-order valence-electron chi connectivity index (χ3n) is 1.97. The van der Waals surface area contributed by atoms with E-state index < -0.39 is 10.1 Å². The van der Waals surface area contributed by atoms with Crippen molar-refractivity contribution >= 4 is 21.0 Å². The zero-order valence-electron chi connectivity index (χ0n) is 9.57. The van der Waals surface area contributed by atoms with Crippen molar-refractivity contribution < 1.29 is 13.0 Å². The first kappa shape index (κ1) is 13.6. The summed E-state index contributed by atoms with van der Waals surface area (Å²) in [7, 11) is -3.67. The van der Waals surface area contributed by atoms with Crippen LogP contribution in [0.3, 0.4) is 0 Å². The molecule has 0 atom stereocenters. The zero-order valence-corrected chi connectivity index (χ0v) is 10.4. The van der Waals surface area contributed by atoms with Crippen molar-refractivity contribution in [3.05, 3.63) is 42.6 Å². The van der Waals surface area contributed by atoms with Gasteiger partial charge >= 0.3 is 0 Å². The lowest BCUT2D eigenvalue weighted by molar-refractivity contribution is 0.482. The molecule has 0 aliphatic carbocycles. The summed E-state index contributed by atoms with van der Waals surface area (Å²) in [6.45, 7) is 1.69. The van der Waals surface area contributed by atoms with Crippen LogP contribution in [0.5, 0.6) is 0 Å². The molecular formula is C12H15NO3S. The summed E-state index contributed by atoms with van der Waals surface area (Å²) >= 11 is 0. The quantitative estimate of drug-likeness (QED) is 0.835. The van der Waals surface area contributed by atoms with E-state index in [-0.39, 0.29) is 5.75 Å². The van der Waals surface area contributed by atoms with Gasteiger partial charge in [-0.3, -0.25) is 9.54 Å². The molecule has 0 bridgehead atoms. The Balaban J connectivity index is 0.000000185. The van der Waals surface area contributed by atoms with Crippen LogP contribution >= 0.6 is 0 Å². The molecule has 0 unspecified atom stereocenters. The Morgan fingerprint density at radius 3 is 2.35 bits per heavy atom. The maximum Gasteiger partial charge on any atom is 0.264 e. The van der Waals surface area contributed by atoms with Gasteiger partial charge in [0.25, 0.3) is 10.1 Å². The van der Waals surface area contributed by atoms with E-state index in [1.165, 1.54) is 5.39 Å². The maximum absolute atomic E-state index is 9.79. The second kappa shape index (κ2) is 6.32. The maximum atomic E-state index is 9.79. The fraction of sp³-hybridized carbons (Fsp3) is 0.250. The molecule has 17 heavy (non-hydrogen) atoms. The Morgan fingerprint density at radius 1 is 1.18 bits per heavy atom. The molecule has 0 fully saturated rings. The third-order valence-corrected chi connectivity index (χ3v) is 2.90. The molecule has 2 rings (SSSR count). The number of nitrogens with zero attached hydrogens (tertiary/aromatic N) is 1. The van der Waals surface area contributed by atoms with Gasteiger partial charge in [-0.15, -0.1) is 0 Å². The lowest BCUT2D eigenvalue weighted by atomic mass is 10.2. The highest BCUT2D eigenvalue weighted by Gasteiger charge is 1.98. The number of pyridine rings is 1. The molecule has 1 heterocycles. The molecule has 92 valence electrons. The minimum atomic E-state index is -3.67. The van der Waals surface area contributed by atoms with Crippen molar-refractivity contribution in [2.24, 2.45) is 0 Å². The van der Waals surface area contributed by atoms with Gasteiger partial charge in [-0.2, -0.15) is 8.42 Å². The first-order chi connectivity index (χ1) is 8.03. The van der Waals surface area contributed by atoms with Gasteiger partial charge in [0.05, 0.1) is 11.3 Å². The number of aromatic nitrogens is 1. The van der Waals surface area contributed by atoms with E-state index in [2.05, 4.69) is 17.1 Å². The predicted octanol–water partition coefficient (Wildman–Crippen LogP) is 2.52. The second-order valence-corrected chi connectivity index (χ2v) is 5.05. The van der Waals surface area contributed by atoms with Crippen molar-refractivity contribution in [1.82, 2.24) is 4.98 Å². The molecule has 0 aliphatic heterocycles. The van der Waals surface area contributed by atoms with Crippen molar-refractivity contribution in [2.45, 2.75) is 13.3 Å². The molecule has 1 aromatic heterocycles. The SMILES string of the molecule is CCCS(=O)(=O)O.c1ccc2ncccc2c1. The van der Waals surface area contributed by atoms with Gasteiger partial charge in [0.2, 0.25) is 0 Å². The van der Waals surface area contributed by atoms with E-state index in [9.17, 15) is 8.42 Å². The molecule has 0 saturated heterocycles. The monoisotopic (exact) mass is 253 g/mol. The van der Waals surface area contributed by atoms with Crippen LogP contribution in [0.25, 0.3) is 10.9 Å². The summed E-state index contributed by atoms with van der Waals surface area (Å²) in [6.07, 6.45) is 2.28. The summed E-state index contributed by atoms with van der Waals surface area (Å²) in [5, 5.41) is 1.20. The average molecular weight is 253 g/mol. The molecule has 0 spiro atoms. The summed E-state index contributed by atoms with van der Waals surface area (Å²) < 4.78 is 27.6. The highest BCUT2D eigenvalue weighted by molar-refractivity contribution is 7.85. The van der Waals surface area contributed by atoms with Crippen molar-refractivity contribution in [3.63, 3.8) is 0 Å². The van der Waals surface area contributed by atoms with Crippen molar-refractivity contribution in [2.75, 3.05) is 5.75 Å². The molecule has 4 nitrogen and oxygen atoms in total. The van der Waals surface area contributed by atoms with Crippen LogP contribution in [-0.2, 0) is 10.1 Å². The molecule has 1 aromatic carbocycles. The molecule has 1 N–H and O–H groups in total. The fourth-order valence-corrected chi connectivity index (χ4v) is 1.79. The van der Waals surface area contributed by atoms with Crippen LogP contribution in [0.1, 0.15) is 13.3 Å². The minimum absolute atomic E-state index is 0.132. The molecule has 0 saturated carbocycles. The number of rotatable bonds is 2. The van der Waals surface area contributed by atoms with Crippen molar-refractivity contribution in [1.29, 1.82) is 0 Å². The largest absolute Gasteiger partial charge is 0.286 e. The molecule has 2 aromatic rings. The second-order valence-electron chi connectivity index (χ2n) is 3.48. The van der Waals surface area contributed by atoms with E-state index in [1.54, 1.807) is 6.92 Å². The van der Waals surface area contributed by atoms with E-state index in [4.69, 9.17) is 4.55 Å². The summed E-state index contributed by atoms with van der Waals surface area (Å²) in [4.78, 5) is 4.18. The summed E-state index contributed by atoms with van der Waals surface area (Å²) in [5.41, 5.74) is 1.06. The lowest BCUT2D eigenvalue weighted by Crippen LogP contribution is -2.01. The molecule has 5 heteroatoms. The zero-order chi connectivity index (χ0) is 12.7. The average Bonchev–Trinajstić information content (AvgIpc) is 2.28. The first-order valence-electron chi connectivity index (χ1n) is 5.28. The summed E-state index contributed by atoms with van der Waals surface area (Å²) in [5.74, 6) is -0.132. The Bertz CT molecular complexity index is 501. The molecule has 0 aliphatic rings. The molecular weight excluding hydrogens is 238 g/mol. The normalized spacial score (nSPS) is 10.7. The van der Waals surface area contributed by atoms with Crippen LogP contribution in [0.4, 0.5) is 0 Å². The summed E-state index contributed by atoms with van der Waals surface area (Å²) in [6, 6.07) is 12.1. The van der Waals surface area contributed by atoms with Gasteiger partial charge in [-0.05, 0) is 18.6 Å². The van der Waals surface area contributed by atoms with Gasteiger partial charge in [0.15, 0.2) is 0 Å². The van der Waals surface area contributed by atoms with Gasteiger partial charge in [0, 0.05) is 11.6 Å². The van der Waals surface area contributed by atoms with E-state index in [0.29, 0.717) is 6.42 Å². The third kappa shape index (κ3) is 5.42. The van der Waals surface area contributed by atoms with Gasteiger partial charge in [-0.1, -0.05) is 31.2 Å². The van der Waals surface area contributed by atoms with Crippen LogP contribution < -0.4 is 0 Å². The van der Waals surface area contributed by atoms with E-state index in [1.807, 2.05) is 30.5 Å². The Hall–Kier alpha value is -1.46. The predicted molar refractivity (Wildman–Crippen MR) is 68.4 cm³/mol. The number of fused-ring (bicyclic) bond motifs is 1. The van der Waals surface area contributed by atoms with Gasteiger partial charge in [-0.25, -0.2) is 0 Å². The van der Waals surface area contributed by atoms with Crippen LogP contribution in [0.2, 0.25) is 0 Å². The number of benzene rings is 1. The highest BCUT2D eigenvalue weighted by Crippen LogP contribution is 2.07. The molecule has 0 radical (unpaired) electrons.